The Hall–Kier alpha value is -1.65. The van der Waals surface area contributed by atoms with E-state index in [1.165, 1.54) is 19.0 Å². The molecule has 1 aliphatic carbocycles. The monoisotopic (exact) mass is 264 g/mol. The molecule has 0 aliphatic heterocycles. The number of nitrogens with zero attached hydrogens (tertiary/aromatic N) is 2. The lowest BCUT2D eigenvalue weighted by Crippen LogP contribution is -2.14. The molecule has 1 fully saturated rings. The van der Waals surface area contributed by atoms with Gasteiger partial charge in [0.15, 0.2) is 11.4 Å². The van der Waals surface area contributed by atoms with E-state index >= 15 is 0 Å². The van der Waals surface area contributed by atoms with Crippen LogP contribution in [0.3, 0.4) is 0 Å². The van der Waals surface area contributed by atoms with E-state index in [0.29, 0.717) is 18.3 Å². The zero-order valence-electron chi connectivity index (χ0n) is 11.4. The fraction of sp³-hybridized carbons (Fsp3) is 0.643. The van der Waals surface area contributed by atoms with Gasteiger partial charge in [0, 0.05) is 5.92 Å². The van der Waals surface area contributed by atoms with Crippen LogP contribution in [0.5, 0.6) is 5.75 Å². The minimum absolute atomic E-state index is 0.0308. The van der Waals surface area contributed by atoms with Gasteiger partial charge in [-0.25, -0.2) is 14.8 Å². The van der Waals surface area contributed by atoms with E-state index in [2.05, 4.69) is 9.97 Å². The quantitative estimate of drug-likeness (QED) is 0.885. The number of rotatable bonds is 5. The molecule has 1 aromatic heterocycles. The molecule has 1 aliphatic rings. The Kier molecular flexibility index (Phi) is 4.35. The van der Waals surface area contributed by atoms with Crippen LogP contribution in [0.4, 0.5) is 0 Å². The van der Waals surface area contributed by atoms with Gasteiger partial charge in [0.05, 0.1) is 12.8 Å². The van der Waals surface area contributed by atoms with Crippen molar-refractivity contribution < 1.29 is 14.6 Å². The molecule has 0 unspecified atom stereocenters. The highest BCUT2D eigenvalue weighted by Crippen LogP contribution is 2.26. The Morgan fingerprint density at radius 1 is 1.47 bits per heavy atom. The van der Waals surface area contributed by atoms with Gasteiger partial charge in [-0.2, -0.15) is 0 Å². The molecule has 104 valence electrons. The number of hydrogen-bond acceptors (Lipinski definition) is 4. The number of carboxylic acid groups (broad SMARTS) is 1. The minimum atomic E-state index is -1.06. The third-order valence-electron chi connectivity index (χ3n) is 3.44. The van der Waals surface area contributed by atoms with Crippen LogP contribution in [0.1, 0.15) is 61.8 Å². The van der Waals surface area contributed by atoms with E-state index in [1.54, 1.807) is 0 Å². The van der Waals surface area contributed by atoms with Crippen LogP contribution in [0.25, 0.3) is 0 Å². The highest BCUT2D eigenvalue weighted by atomic mass is 16.5. The lowest BCUT2D eigenvalue weighted by Gasteiger charge is -2.13. The molecule has 1 saturated carbocycles. The zero-order valence-corrected chi connectivity index (χ0v) is 11.4. The molecule has 0 amide bonds. The molecule has 1 N–H and O–H groups in total. The number of aromatic nitrogens is 2. The van der Waals surface area contributed by atoms with Gasteiger partial charge in [-0.15, -0.1) is 0 Å². The smallest absolute Gasteiger partial charge is 0.358 e. The Bertz CT molecular complexity index is 454. The lowest BCUT2D eigenvalue weighted by atomic mass is 10.1. The zero-order chi connectivity index (χ0) is 13.8. The predicted octanol–water partition coefficient (Wildman–Crippen LogP) is 2.87. The highest BCUT2D eigenvalue weighted by Gasteiger charge is 2.20. The van der Waals surface area contributed by atoms with Crippen LogP contribution in [0, 0.1) is 5.92 Å². The van der Waals surface area contributed by atoms with Gasteiger partial charge in [-0.05, 0) is 18.8 Å². The van der Waals surface area contributed by atoms with Crippen molar-refractivity contribution in [3.63, 3.8) is 0 Å². The summed E-state index contributed by atoms with van der Waals surface area (Å²) >= 11 is 0. The van der Waals surface area contributed by atoms with Crippen molar-refractivity contribution in [3.05, 3.63) is 17.7 Å². The maximum absolute atomic E-state index is 11.2. The molecule has 5 heteroatoms. The van der Waals surface area contributed by atoms with Gasteiger partial charge >= 0.3 is 5.97 Å². The van der Waals surface area contributed by atoms with Gasteiger partial charge in [0.25, 0.3) is 0 Å². The van der Waals surface area contributed by atoms with Crippen LogP contribution >= 0.6 is 0 Å². The summed E-state index contributed by atoms with van der Waals surface area (Å²) < 4.78 is 5.61. The fourth-order valence-electron chi connectivity index (χ4n) is 2.31. The number of carboxylic acids is 1. The molecule has 1 heterocycles. The maximum Gasteiger partial charge on any atom is 0.358 e. The van der Waals surface area contributed by atoms with Gasteiger partial charge in [0.1, 0.15) is 5.82 Å². The standard InChI is InChI=1S/C14H20N2O3/c1-9(2)13-15-7-11(12(16-13)14(17)18)19-8-10-5-3-4-6-10/h7,9-10H,3-6,8H2,1-2H3,(H,17,18). The number of aromatic carboxylic acids is 1. The first kappa shape index (κ1) is 13.8. The SMILES string of the molecule is CC(C)c1ncc(OCC2CCCC2)c(C(=O)O)n1. The molecule has 1 aromatic rings. The van der Waals surface area contributed by atoms with E-state index in [1.807, 2.05) is 13.8 Å². The fourth-order valence-corrected chi connectivity index (χ4v) is 2.31. The summed E-state index contributed by atoms with van der Waals surface area (Å²) in [7, 11) is 0. The van der Waals surface area contributed by atoms with Gasteiger partial charge in [0.2, 0.25) is 0 Å². The Balaban J connectivity index is 2.11. The third-order valence-corrected chi connectivity index (χ3v) is 3.44. The molecule has 0 spiro atoms. The van der Waals surface area contributed by atoms with Crippen molar-refractivity contribution in [2.24, 2.45) is 5.92 Å². The Morgan fingerprint density at radius 3 is 2.74 bits per heavy atom. The van der Waals surface area contributed by atoms with Crippen molar-refractivity contribution in [1.29, 1.82) is 0 Å². The summed E-state index contributed by atoms with van der Waals surface area (Å²) in [6.45, 7) is 4.42. The van der Waals surface area contributed by atoms with Crippen molar-refractivity contribution in [1.82, 2.24) is 9.97 Å². The van der Waals surface area contributed by atoms with E-state index in [9.17, 15) is 9.90 Å². The summed E-state index contributed by atoms with van der Waals surface area (Å²) in [5.74, 6) is 0.383. The van der Waals surface area contributed by atoms with Crippen LogP contribution in [0.15, 0.2) is 6.20 Å². The lowest BCUT2D eigenvalue weighted by molar-refractivity contribution is 0.0683. The number of hydrogen-bond donors (Lipinski definition) is 1. The molecule has 19 heavy (non-hydrogen) atoms. The normalized spacial score (nSPS) is 15.9. The topological polar surface area (TPSA) is 72.3 Å². The number of ether oxygens (including phenoxy) is 1. The van der Waals surface area contributed by atoms with E-state index in [0.717, 1.165) is 12.8 Å². The second kappa shape index (κ2) is 5.99. The van der Waals surface area contributed by atoms with Gasteiger partial charge in [-0.3, -0.25) is 0 Å². The minimum Gasteiger partial charge on any atom is -0.489 e. The van der Waals surface area contributed by atoms with Crippen LogP contribution in [-0.4, -0.2) is 27.7 Å². The first-order valence-electron chi connectivity index (χ1n) is 6.81. The molecule has 0 aromatic carbocycles. The second-order valence-electron chi connectivity index (χ2n) is 5.36. The summed E-state index contributed by atoms with van der Waals surface area (Å²) in [6, 6.07) is 0. The van der Waals surface area contributed by atoms with Crippen LogP contribution in [0.2, 0.25) is 0 Å². The molecule has 5 nitrogen and oxygen atoms in total. The molecule has 0 saturated heterocycles. The summed E-state index contributed by atoms with van der Waals surface area (Å²) in [4.78, 5) is 19.5. The average molecular weight is 264 g/mol. The van der Waals surface area contributed by atoms with E-state index in [-0.39, 0.29) is 17.4 Å². The second-order valence-corrected chi connectivity index (χ2v) is 5.36. The third kappa shape index (κ3) is 3.43. The Morgan fingerprint density at radius 2 is 2.16 bits per heavy atom. The van der Waals surface area contributed by atoms with Crippen LogP contribution < -0.4 is 4.74 Å². The van der Waals surface area contributed by atoms with Crippen molar-refractivity contribution in [3.8, 4) is 5.75 Å². The van der Waals surface area contributed by atoms with E-state index < -0.39 is 5.97 Å². The Labute approximate surface area is 113 Å². The van der Waals surface area contributed by atoms with Crippen LogP contribution in [-0.2, 0) is 0 Å². The molecule has 0 atom stereocenters. The van der Waals surface area contributed by atoms with Crippen molar-refractivity contribution in [2.45, 2.75) is 45.4 Å². The molecule has 2 rings (SSSR count). The molecular formula is C14H20N2O3. The van der Waals surface area contributed by atoms with E-state index in [4.69, 9.17) is 4.74 Å². The predicted molar refractivity (Wildman–Crippen MR) is 70.5 cm³/mol. The van der Waals surface area contributed by atoms with Crippen molar-refractivity contribution >= 4 is 5.97 Å². The van der Waals surface area contributed by atoms with Gasteiger partial charge in [-0.1, -0.05) is 26.7 Å². The molecular weight excluding hydrogens is 244 g/mol. The molecule has 0 bridgehead atoms. The first-order valence-corrected chi connectivity index (χ1v) is 6.81. The maximum atomic E-state index is 11.2. The summed E-state index contributed by atoms with van der Waals surface area (Å²) in [5, 5.41) is 9.19. The van der Waals surface area contributed by atoms with Gasteiger partial charge < -0.3 is 9.84 Å². The number of carbonyl (C=O) groups is 1. The summed E-state index contributed by atoms with van der Waals surface area (Å²) in [6.07, 6.45) is 6.28. The average Bonchev–Trinajstić information content (AvgIpc) is 2.89. The van der Waals surface area contributed by atoms with Crippen molar-refractivity contribution in [2.75, 3.05) is 6.61 Å². The first-order chi connectivity index (χ1) is 9.08. The largest absolute Gasteiger partial charge is 0.489 e. The highest BCUT2D eigenvalue weighted by molar-refractivity contribution is 5.88. The summed E-state index contributed by atoms with van der Waals surface area (Å²) in [5.41, 5.74) is -0.0308. The molecule has 0 radical (unpaired) electrons.